The van der Waals surface area contributed by atoms with Gasteiger partial charge in [-0.1, -0.05) is 0 Å². The first-order chi connectivity index (χ1) is 7.63. The summed E-state index contributed by atoms with van der Waals surface area (Å²) < 4.78 is 1.69. The molecule has 2 rings (SSSR count). The molecule has 0 spiro atoms. The highest BCUT2D eigenvalue weighted by Crippen LogP contribution is 2.21. The van der Waals surface area contributed by atoms with Gasteiger partial charge in [0.25, 0.3) is 0 Å². The van der Waals surface area contributed by atoms with Crippen LogP contribution in [0.15, 0.2) is 37.1 Å². The van der Waals surface area contributed by atoms with E-state index in [4.69, 9.17) is 0 Å². The van der Waals surface area contributed by atoms with Gasteiger partial charge in [0.15, 0.2) is 0 Å². The Morgan fingerprint density at radius 3 is 2.75 bits per heavy atom. The molecule has 0 fully saturated rings. The number of hydrogen-bond acceptors (Lipinski definition) is 2. The summed E-state index contributed by atoms with van der Waals surface area (Å²) >= 11 is 0. The molecule has 5 nitrogen and oxygen atoms in total. The molecule has 0 saturated heterocycles. The van der Waals surface area contributed by atoms with Gasteiger partial charge in [0, 0.05) is 30.7 Å². The number of nitrogens with zero attached hydrogens (tertiary/aromatic N) is 2. The molecule has 0 amide bonds. The number of carboxylic acids is 1. The molecule has 0 radical (unpaired) electrons. The molecule has 0 aromatic carbocycles. The van der Waals surface area contributed by atoms with E-state index < -0.39 is 11.5 Å². The molecule has 0 aliphatic rings. The predicted molar refractivity (Wildman–Crippen MR) is 58.0 cm³/mol. The Bertz CT molecular complexity index is 461. The number of carboxylic acid groups (broad SMARTS) is 1. The zero-order valence-corrected chi connectivity index (χ0v) is 8.92. The van der Waals surface area contributed by atoms with E-state index in [2.05, 4.69) is 9.97 Å². The fourth-order valence-corrected chi connectivity index (χ4v) is 1.69. The summed E-state index contributed by atoms with van der Waals surface area (Å²) in [5.74, 6) is -0.863. The van der Waals surface area contributed by atoms with Gasteiger partial charge in [0.2, 0.25) is 0 Å². The van der Waals surface area contributed by atoms with Crippen LogP contribution in [0.2, 0.25) is 0 Å². The second-order valence-corrected chi connectivity index (χ2v) is 3.92. The number of carbonyl (C=O) groups is 1. The van der Waals surface area contributed by atoms with Crippen LogP contribution in [0.5, 0.6) is 0 Å². The monoisotopic (exact) mass is 219 g/mol. The Hall–Kier alpha value is -2.04. The molecule has 0 unspecified atom stereocenters. The summed E-state index contributed by atoms with van der Waals surface area (Å²) in [4.78, 5) is 18.2. The maximum atomic E-state index is 11.4. The van der Waals surface area contributed by atoms with E-state index in [-0.39, 0.29) is 0 Å². The van der Waals surface area contributed by atoms with Crippen LogP contribution in [0.1, 0.15) is 12.6 Å². The standard InChI is InChI=1S/C11H13N3O2/c1-11(10(15)16,14-4-2-3-5-14)6-9-7-12-8-13-9/h2-5,7-8H,6H2,1H3,(H,12,13)(H,15,16)/t11-/m0/s1. The lowest BCUT2D eigenvalue weighted by molar-refractivity contribution is -0.146. The molecule has 2 heterocycles. The van der Waals surface area contributed by atoms with Gasteiger partial charge in [-0.05, 0) is 19.1 Å². The molecule has 0 bridgehead atoms. The molecular formula is C11H13N3O2. The molecule has 2 N–H and O–H groups in total. The molecule has 0 aliphatic carbocycles. The summed E-state index contributed by atoms with van der Waals surface area (Å²) in [5.41, 5.74) is -0.186. The van der Waals surface area contributed by atoms with Gasteiger partial charge in [-0.25, -0.2) is 9.78 Å². The van der Waals surface area contributed by atoms with Gasteiger partial charge >= 0.3 is 5.97 Å². The minimum Gasteiger partial charge on any atom is -0.479 e. The second-order valence-electron chi connectivity index (χ2n) is 3.92. The highest BCUT2D eigenvalue weighted by molar-refractivity contribution is 5.76. The minimum absolute atomic E-state index is 0.372. The van der Waals surface area contributed by atoms with Crippen molar-refractivity contribution in [1.29, 1.82) is 0 Å². The molecule has 5 heteroatoms. The number of hydrogen-bond donors (Lipinski definition) is 2. The van der Waals surface area contributed by atoms with Crippen molar-refractivity contribution in [2.75, 3.05) is 0 Å². The Labute approximate surface area is 92.8 Å². The summed E-state index contributed by atoms with van der Waals surface area (Å²) in [6, 6.07) is 3.63. The fraction of sp³-hybridized carbons (Fsp3) is 0.273. The van der Waals surface area contributed by atoms with Gasteiger partial charge in [0.1, 0.15) is 5.54 Å². The first-order valence-corrected chi connectivity index (χ1v) is 4.97. The molecule has 0 aliphatic heterocycles. The smallest absolute Gasteiger partial charge is 0.329 e. The molecular weight excluding hydrogens is 206 g/mol. The summed E-state index contributed by atoms with van der Waals surface area (Å²) in [5, 5.41) is 9.35. The van der Waals surface area contributed by atoms with E-state index in [0.717, 1.165) is 5.69 Å². The Balaban J connectivity index is 2.33. The highest BCUT2D eigenvalue weighted by atomic mass is 16.4. The van der Waals surface area contributed by atoms with Gasteiger partial charge in [-0.2, -0.15) is 0 Å². The van der Waals surface area contributed by atoms with Crippen LogP contribution in [0.25, 0.3) is 0 Å². The third-order valence-corrected chi connectivity index (χ3v) is 2.72. The predicted octanol–water partition coefficient (Wildman–Crippen LogP) is 1.25. The average molecular weight is 219 g/mol. The van der Waals surface area contributed by atoms with Crippen LogP contribution in [0, 0.1) is 0 Å². The topological polar surface area (TPSA) is 70.9 Å². The van der Waals surface area contributed by atoms with Crippen LogP contribution in [-0.4, -0.2) is 25.6 Å². The van der Waals surface area contributed by atoms with Gasteiger partial charge in [0.05, 0.1) is 6.33 Å². The Morgan fingerprint density at radius 2 is 2.25 bits per heavy atom. The molecule has 16 heavy (non-hydrogen) atoms. The van der Waals surface area contributed by atoms with E-state index in [1.807, 2.05) is 12.1 Å². The quantitative estimate of drug-likeness (QED) is 0.813. The van der Waals surface area contributed by atoms with E-state index in [9.17, 15) is 9.90 Å². The SMILES string of the molecule is C[C@](Cc1cnc[nH]1)(C(=O)O)n1cccc1. The maximum absolute atomic E-state index is 11.4. The normalized spacial score (nSPS) is 14.6. The number of nitrogens with one attached hydrogen (secondary N) is 1. The number of rotatable bonds is 4. The van der Waals surface area contributed by atoms with Crippen LogP contribution < -0.4 is 0 Å². The van der Waals surface area contributed by atoms with Crippen LogP contribution in [0.3, 0.4) is 0 Å². The Kier molecular flexibility index (Phi) is 2.52. The molecule has 2 aromatic rings. The van der Waals surface area contributed by atoms with Crippen molar-refractivity contribution < 1.29 is 9.90 Å². The van der Waals surface area contributed by atoms with Crippen molar-refractivity contribution in [3.8, 4) is 0 Å². The highest BCUT2D eigenvalue weighted by Gasteiger charge is 2.35. The largest absolute Gasteiger partial charge is 0.479 e. The summed E-state index contributed by atoms with van der Waals surface area (Å²) in [6.45, 7) is 1.69. The van der Waals surface area contributed by atoms with E-state index >= 15 is 0 Å². The van der Waals surface area contributed by atoms with Gasteiger partial charge in [-0.15, -0.1) is 0 Å². The third-order valence-electron chi connectivity index (χ3n) is 2.72. The number of aromatic nitrogens is 3. The first-order valence-electron chi connectivity index (χ1n) is 4.97. The third kappa shape index (κ3) is 1.71. The van der Waals surface area contributed by atoms with Gasteiger partial charge < -0.3 is 14.7 Å². The number of aromatic amines is 1. The van der Waals surface area contributed by atoms with E-state index in [0.29, 0.717) is 6.42 Å². The summed E-state index contributed by atoms with van der Waals surface area (Å²) in [7, 11) is 0. The first kappa shape index (κ1) is 10.5. The van der Waals surface area contributed by atoms with Crippen molar-refractivity contribution in [3.63, 3.8) is 0 Å². The van der Waals surface area contributed by atoms with Crippen molar-refractivity contribution >= 4 is 5.97 Å². The molecule has 0 saturated carbocycles. The Morgan fingerprint density at radius 1 is 1.56 bits per heavy atom. The maximum Gasteiger partial charge on any atom is 0.329 e. The lowest BCUT2D eigenvalue weighted by atomic mass is 9.96. The van der Waals surface area contributed by atoms with Crippen molar-refractivity contribution in [1.82, 2.24) is 14.5 Å². The molecule has 1 atom stereocenters. The van der Waals surface area contributed by atoms with Crippen LogP contribution in [-0.2, 0) is 16.8 Å². The fourth-order valence-electron chi connectivity index (χ4n) is 1.69. The molecule has 84 valence electrons. The lowest BCUT2D eigenvalue weighted by Gasteiger charge is -2.26. The number of imidazole rings is 1. The van der Waals surface area contributed by atoms with Crippen molar-refractivity contribution in [2.24, 2.45) is 0 Å². The van der Waals surface area contributed by atoms with Crippen LogP contribution in [0.4, 0.5) is 0 Å². The zero-order valence-electron chi connectivity index (χ0n) is 8.92. The van der Waals surface area contributed by atoms with Crippen molar-refractivity contribution in [3.05, 3.63) is 42.7 Å². The van der Waals surface area contributed by atoms with E-state index in [1.165, 1.54) is 0 Å². The minimum atomic E-state index is -0.990. The van der Waals surface area contributed by atoms with Crippen molar-refractivity contribution in [2.45, 2.75) is 18.9 Å². The van der Waals surface area contributed by atoms with Crippen LogP contribution >= 0.6 is 0 Å². The second kappa shape index (κ2) is 3.84. The molecule has 2 aromatic heterocycles. The number of H-pyrrole nitrogens is 1. The average Bonchev–Trinajstić information content (AvgIpc) is 2.88. The summed E-state index contributed by atoms with van der Waals surface area (Å²) in [6.07, 6.45) is 7.07. The zero-order chi connectivity index (χ0) is 11.6. The number of aliphatic carboxylic acids is 1. The van der Waals surface area contributed by atoms with E-state index in [1.54, 1.807) is 36.4 Å². The lowest BCUT2D eigenvalue weighted by Crippen LogP contribution is -2.40. The van der Waals surface area contributed by atoms with Gasteiger partial charge in [-0.3, -0.25) is 0 Å².